The first kappa shape index (κ1) is 23.6. The summed E-state index contributed by atoms with van der Waals surface area (Å²) in [5.74, 6) is 0.568. The minimum atomic E-state index is -0.465. The molecule has 0 spiro atoms. The smallest absolute Gasteiger partial charge is 0.262 e. The van der Waals surface area contributed by atoms with Crippen LogP contribution in [0.3, 0.4) is 0 Å². The van der Waals surface area contributed by atoms with Crippen LogP contribution >= 0.6 is 23.2 Å². The third kappa shape index (κ3) is 6.96. The number of amides is 1. The molecule has 0 atom stereocenters. The van der Waals surface area contributed by atoms with Gasteiger partial charge in [-0.2, -0.15) is 5.26 Å². The molecule has 0 saturated carbocycles. The van der Waals surface area contributed by atoms with E-state index >= 15 is 0 Å². The lowest BCUT2D eigenvalue weighted by molar-refractivity contribution is -0.117. The van der Waals surface area contributed by atoms with Gasteiger partial charge in [-0.3, -0.25) is 4.79 Å². The van der Waals surface area contributed by atoms with Crippen LogP contribution < -0.4 is 14.8 Å². The highest BCUT2D eigenvalue weighted by Gasteiger charge is 2.11. The molecule has 0 aliphatic rings. The molecular weight excluding hydrogens is 427 g/mol. The molecule has 1 amide bonds. The zero-order valence-electron chi connectivity index (χ0n) is 16.7. The zero-order valence-corrected chi connectivity index (χ0v) is 18.2. The van der Waals surface area contributed by atoms with Gasteiger partial charge in [0.05, 0.1) is 23.3 Å². The minimum absolute atomic E-state index is 0.0157. The Balaban J connectivity index is 2.17. The number of rotatable bonds is 10. The quantitative estimate of drug-likeness (QED) is 0.325. The van der Waals surface area contributed by atoms with Crippen molar-refractivity contribution in [2.75, 3.05) is 26.9 Å². The molecule has 0 aliphatic heterocycles. The monoisotopic (exact) mass is 448 g/mol. The summed E-state index contributed by atoms with van der Waals surface area (Å²) in [5, 5.41) is 12.9. The molecule has 2 rings (SSSR count). The van der Waals surface area contributed by atoms with Gasteiger partial charge in [-0.05, 0) is 48.4 Å². The summed E-state index contributed by atoms with van der Waals surface area (Å²) >= 11 is 12.0. The number of carbonyl (C=O) groups is 1. The summed E-state index contributed by atoms with van der Waals surface area (Å²) in [4.78, 5) is 12.1. The number of nitrogens with zero attached hydrogens (tertiary/aromatic N) is 1. The van der Waals surface area contributed by atoms with Crippen molar-refractivity contribution in [1.82, 2.24) is 5.32 Å². The van der Waals surface area contributed by atoms with Crippen LogP contribution in [0.2, 0.25) is 10.0 Å². The predicted molar refractivity (Wildman–Crippen MR) is 117 cm³/mol. The van der Waals surface area contributed by atoms with Crippen molar-refractivity contribution in [3.63, 3.8) is 0 Å². The van der Waals surface area contributed by atoms with Gasteiger partial charge in [-0.25, -0.2) is 0 Å². The molecule has 30 heavy (non-hydrogen) atoms. The van der Waals surface area contributed by atoms with Crippen LogP contribution in [0.25, 0.3) is 6.08 Å². The highest BCUT2D eigenvalue weighted by Crippen LogP contribution is 2.31. The predicted octanol–water partition coefficient (Wildman–Crippen LogP) is 4.64. The van der Waals surface area contributed by atoms with Crippen LogP contribution in [0.1, 0.15) is 18.1 Å². The van der Waals surface area contributed by atoms with E-state index in [1.807, 2.05) is 19.1 Å². The summed E-state index contributed by atoms with van der Waals surface area (Å²) in [6, 6.07) is 12.4. The number of benzene rings is 2. The topological polar surface area (TPSA) is 80.6 Å². The zero-order chi connectivity index (χ0) is 21.9. The molecule has 2 aromatic rings. The van der Waals surface area contributed by atoms with Gasteiger partial charge in [0.2, 0.25) is 0 Å². The van der Waals surface area contributed by atoms with Crippen molar-refractivity contribution in [2.24, 2.45) is 0 Å². The third-order valence-corrected chi connectivity index (χ3v) is 4.65. The molecule has 0 aromatic heterocycles. The van der Waals surface area contributed by atoms with Crippen LogP contribution in [0, 0.1) is 11.3 Å². The SMILES string of the molecule is CCOc1cc(C=C(C#N)C(=O)NCCOC)ccc1OCc1ccc(Cl)c(Cl)c1. The van der Waals surface area contributed by atoms with Gasteiger partial charge < -0.3 is 19.5 Å². The lowest BCUT2D eigenvalue weighted by Crippen LogP contribution is -2.27. The maximum atomic E-state index is 12.1. The summed E-state index contributed by atoms with van der Waals surface area (Å²) in [6.45, 7) is 3.25. The Kier molecular flexibility index (Phi) is 9.49. The van der Waals surface area contributed by atoms with E-state index in [1.165, 1.54) is 13.2 Å². The highest BCUT2D eigenvalue weighted by atomic mass is 35.5. The molecule has 1 N–H and O–H groups in total. The molecule has 0 radical (unpaired) electrons. The molecule has 0 saturated heterocycles. The number of carbonyl (C=O) groups excluding carboxylic acids is 1. The first-order valence-electron chi connectivity index (χ1n) is 9.21. The lowest BCUT2D eigenvalue weighted by atomic mass is 10.1. The molecule has 2 aromatic carbocycles. The van der Waals surface area contributed by atoms with E-state index in [0.717, 1.165) is 5.56 Å². The van der Waals surface area contributed by atoms with Gasteiger partial charge in [-0.1, -0.05) is 35.3 Å². The molecule has 158 valence electrons. The summed E-state index contributed by atoms with van der Waals surface area (Å²) in [7, 11) is 1.54. The Hall–Kier alpha value is -2.72. The number of methoxy groups -OCH3 is 1. The molecule has 0 unspecified atom stereocenters. The highest BCUT2D eigenvalue weighted by molar-refractivity contribution is 6.42. The van der Waals surface area contributed by atoms with E-state index in [1.54, 1.807) is 30.3 Å². The van der Waals surface area contributed by atoms with Gasteiger partial charge in [0.25, 0.3) is 5.91 Å². The average molecular weight is 449 g/mol. The fourth-order valence-electron chi connectivity index (χ4n) is 2.47. The van der Waals surface area contributed by atoms with Crippen LogP contribution in [-0.2, 0) is 16.1 Å². The number of hydrogen-bond donors (Lipinski definition) is 1. The fourth-order valence-corrected chi connectivity index (χ4v) is 2.79. The van der Waals surface area contributed by atoms with Crippen molar-refractivity contribution < 1.29 is 19.0 Å². The minimum Gasteiger partial charge on any atom is -0.490 e. The lowest BCUT2D eigenvalue weighted by Gasteiger charge is -2.13. The second-order valence-electron chi connectivity index (χ2n) is 6.09. The van der Waals surface area contributed by atoms with Crippen LogP contribution in [0.5, 0.6) is 11.5 Å². The number of halogens is 2. The Bertz CT molecular complexity index is 955. The van der Waals surface area contributed by atoms with E-state index in [9.17, 15) is 10.1 Å². The number of ether oxygens (including phenoxy) is 3. The number of hydrogen-bond acceptors (Lipinski definition) is 5. The fraction of sp³-hybridized carbons (Fsp3) is 0.273. The van der Waals surface area contributed by atoms with Crippen LogP contribution in [0.4, 0.5) is 0 Å². The van der Waals surface area contributed by atoms with Gasteiger partial charge in [0.1, 0.15) is 18.2 Å². The van der Waals surface area contributed by atoms with Crippen molar-refractivity contribution >= 4 is 35.2 Å². The molecule has 6 nitrogen and oxygen atoms in total. The first-order chi connectivity index (χ1) is 14.5. The Morgan fingerprint density at radius 3 is 2.60 bits per heavy atom. The van der Waals surface area contributed by atoms with Gasteiger partial charge in [-0.15, -0.1) is 0 Å². The molecule has 0 bridgehead atoms. The standard InChI is InChI=1S/C22H22Cl2N2O4/c1-3-29-21-12-15(10-17(13-25)22(27)26-8-9-28-2)5-7-20(21)30-14-16-4-6-18(23)19(24)11-16/h4-7,10-12H,3,8-9,14H2,1-2H3,(H,26,27). The summed E-state index contributed by atoms with van der Waals surface area (Å²) < 4.78 is 16.4. The maximum absolute atomic E-state index is 12.1. The Morgan fingerprint density at radius 2 is 1.93 bits per heavy atom. The normalized spacial score (nSPS) is 11.0. The number of nitriles is 1. The Labute approximate surface area is 185 Å². The maximum Gasteiger partial charge on any atom is 0.262 e. The van der Waals surface area contributed by atoms with Crippen molar-refractivity contribution in [3.8, 4) is 17.6 Å². The van der Waals surface area contributed by atoms with E-state index in [2.05, 4.69) is 5.32 Å². The largest absolute Gasteiger partial charge is 0.490 e. The van der Waals surface area contributed by atoms with E-state index in [-0.39, 0.29) is 12.2 Å². The second kappa shape index (κ2) is 12.1. The molecule has 8 heteroatoms. The first-order valence-corrected chi connectivity index (χ1v) is 9.96. The average Bonchev–Trinajstić information content (AvgIpc) is 2.74. The van der Waals surface area contributed by atoms with Crippen LogP contribution in [0.15, 0.2) is 42.0 Å². The molecule has 0 fully saturated rings. The third-order valence-electron chi connectivity index (χ3n) is 3.91. The summed E-state index contributed by atoms with van der Waals surface area (Å²) in [6.07, 6.45) is 1.49. The van der Waals surface area contributed by atoms with Crippen LogP contribution in [-0.4, -0.2) is 32.8 Å². The van der Waals surface area contributed by atoms with Gasteiger partial charge in [0.15, 0.2) is 11.5 Å². The van der Waals surface area contributed by atoms with Gasteiger partial charge in [0, 0.05) is 13.7 Å². The van der Waals surface area contributed by atoms with E-state index in [0.29, 0.717) is 46.9 Å². The van der Waals surface area contributed by atoms with Crippen molar-refractivity contribution in [1.29, 1.82) is 5.26 Å². The second-order valence-corrected chi connectivity index (χ2v) is 6.91. The van der Waals surface area contributed by atoms with E-state index in [4.69, 9.17) is 37.4 Å². The number of nitrogens with one attached hydrogen (secondary N) is 1. The molecular formula is C22H22Cl2N2O4. The van der Waals surface area contributed by atoms with Gasteiger partial charge >= 0.3 is 0 Å². The summed E-state index contributed by atoms with van der Waals surface area (Å²) in [5.41, 5.74) is 1.48. The Morgan fingerprint density at radius 1 is 1.13 bits per heavy atom. The van der Waals surface area contributed by atoms with Crippen molar-refractivity contribution in [2.45, 2.75) is 13.5 Å². The molecule has 0 heterocycles. The molecule has 0 aliphatic carbocycles. The van der Waals surface area contributed by atoms with Crippen molar-refractivity contribution in [3.05, 3.63) is 63.1 Å². The van der Waals surface area contributed by atoms with E-state index < -0.39 is 5.91 Å².